The molecule has 1 heterocycles. The van der Waals surface area contributed by atoms with Crippen molar-refractivity contribution in [3.63, 3.8) is 0 Å². The minimum absolute atomic E-state index is 0.0649. The first-order chi connectivity index (χ1) is 10.8. The summed E-state index contributed by atoms with van der Waals surface area (Å²) >= 11 is 0. The van der Waals surface area contributed by atoms with Gasteiger partial charge >= 0.3 is 0 Å². The molecule has 0 aliphatic carbocycles. The first kappa shape index (κ1) is 16.7. The predicted octanol–water partition coefficient (Wildman–Crippen LogP) is -4.15. The zero-order valence-electron chi connectivity index (χ0n) is 12.5. The number of ketones is 2. The van der Waals surface area contributed by atoms with Gasteiger partial charge in [0.2, 0.25) is 0 Å². The average Bonchev–Trinajstić information content (AvgIpc) is 3.08. The van der Waals surface area contributed by atoms with E-state index in [1.165, 1.54) is 12.5 Å². The lowest BCUT2D eigenvalue weighted by Crippen LogP contribution is -2.52. The highest BCUT2D eigenvalue weighted by Gasteiger charge is 2.38. The van der Waals surface area contributed by atoms with E-state index in [1.807, 2.05) is 5.73 Å². The maximum atomic E-state index is 12.0. The lowest BCUT2D eigenvalue weighted by atomic mass is 9.95. The number of aliphatic hydroxyl groups excluding tert-OH is 5. The van der Waals surface area contributed by atoms with Gasteiger partial charge in [0, 0.05) is 18.3 Å². The molecule has 0 spiro atoms. The molecule has 1 unspecified atom stereocenters. The lowest BCUT2D eigenvalue weighted by molar-refractivity contribution is -0.153. The second kappa shape index (κ2) is 8.08. The fourth-order valence-corrected chi connectivity index (χ4v) is 1.70. The van der Waals surface area contributed by atoms with Crippen molar-refractivity contribution in [3.8, 4) is 0 Å². The minimum atomic E-state index is -2.31. The predicted molar refractivity (Wildman–Crippen MR) is 71.4 cm³/mol. The number of carbonyl (C=O) groups excluding carboxylic acids is 2. The van der Waals surface area contributed by atoms with Crippen LogP contribution in [0, 0.1) is 0 Å². The quantitative estimate of drug-likeness (QED) is 0.210. The van der Waals surface area contributed by atoms with Gasteiger partial charge in [-0.25, -0.2) is 4.98 Å². The minimum Gasteiger partial charge on any atom is -0.394 e. The number of Topliss-reactive ketones (excluding diaryl/α,β-unsaturated/α-hetero) is 2. The molecule has 0 saturated heterocycles. The van der Waals surface area contributed by atoms with Crippen molar-refractivity contribution in [1.29, 1.82) is 0 Å². The molecule has 0 bridgehead atoms. The zero-order valence-corrected chi connectivity index (χ0v) is 11.5. The van der Waals surface area contributed by atoms with E-state index in [2.05, 4.69) is 9.97 Å². The molecule has 0 fully saturated rings. The van der Waals surface area contributed by atoms with Gasteiger partial charge in [-0.15, -0.1) is 0 Å². The lowest BCUT2D eigenvalue weighted by Gasteiger charge is -2.23. The third-order valence-corrected chi connectivity index (χ3v) is 3.06. The van der Waals surface area contributed by atoms with Crippen LogP contribution in [0.25, 0.3) is 0 Å². The van der Waals surface area contributed by atoms with Crippen LogP contribution in [0.15, 0.2) is 12.5 Å². The van der Waals surface area contributed by atoms with Gasteiger partial charge in [-0.3, -0.25) is 9.59 Å². The average molecular weight is 318 g/mol. The summed E-state index contributed by atoms with van der Waals surface area (Å²) in [4.78, 5) is 30.2. The van der Waals surface area contributed by atoms with E-state index < -0.39 is 48.6 Å². The van der Waals surface area contributed by atoms with E-state index in [4.69, 9.17) is 11.6 Å². The van der Waals surface area contributed by atoms with Gasteiger partial charge in [0.1, 0.15) is 19.7 Å². The van der Waals surface area contributed by atoms with Gasteiger partial charge in [0.25, 0.3) is 0 Å². The largest absolute Gasteiger partial charge is 0.394 e. The van der Waals surface area contributed by atoms with E-state index in [0.717, 1.165) is 0 Å². The third-order valence-electron chi connectivity index (χ3n) is 3.06. The molecule has 0 amide bonds. The molecule has 22 heavy (non-hydrogen) atoms. The van der Waals surface area contributed by atoms with Crippen LogP contribution in [-0.2, 0) is 16.0 Å². The second-order valence-corrected chi connectivity index (χ2v) is 4.73. The van der Waals surface area contributed by atoms with Crippen LogP contribution < -0.4 is 5.73 Å². The van der Waals surface area contributed by atoms with Crippen molar-refractivity contribution >= 4 is 11.6 Å². The molecule has 0 aliphatic rings. The van der Waals surface area contributed by atoms with Crippen molar-refractivity contribution in [1.82, 2.24) is 9.97 Å². The summed E-state index contributed by atoms with van der Waals surface area (Å²) in [5, 5.41) is 46.5. The number of hydrogen-bond acceptors (Lipinski definition) is 9. The maximum absolute atomic E-state index is 12.0. The van der Waals surface area contributed by atoms with Crippen molar-refractivity contribution in [3.05, 3.63) is 18.2 Å². The SMILES string of the molecule is [2H]N[C@@H](Cc1cnc[nH]1)C(=O)C(O)C(=O)[C@@H](O)[C@H](O)[C@H](O)CO. The van der Waals surface area contributed by atoms with Gasteiger partial charge in [-0.05, 0) is 0 Å². The Morgan fingerprint density at radius 1 is 1.32 bits per heavy atom. The Kier molecular flexibility index (Phi) is 6.12. The summed E-state index contributed by atoms with van der Waals surface area (Å²) in [7, 11) is 0. The number of aromatic nitrogens is 2. The molecule has 10 nitrogen and oxygen atoms in total. The molecule has 1 rings (SSSR count). The number of aliphatic hydroxyl groups is 5. The van der Waals surface area contributed by atoms with Gasteiger partial charge < -0.3 is 36.2 Å². The van der Waals surface area contributed by atoms with E-state index in [0.29, 0.717) is 5.69 Å². The van der Waals surface area contributed by atoms with Crippen LogP contribution in [-0.4, -0.2) is 84.1 Å². The van der Waals surface area contributed by atoms with Gasteiger partial charge in [-0.1, -0.05) is 0 Å². The number of nitrogens with two attached hydrogens (primary N) is 1. The summed E-state index contributed by atoms with van der Waals surface area (Å²) in [6.07, 6.45) is -5.78. The van der Waals surface area contributed by atoms with Crippen molar-refractivity contribution in [2.45, 2.75) is 36.9 Å². The Balaban J connectivity index is 2.74. The molecule has 5 atom stereocenters. The fraction of sp³-hybridized carbons (Fsp3) is 0.583. The Morgan fingerprint density at radius 2 is 2.00 bits per heavy atom. The topological polar surface area (TPSA) is 190 Å². The normalized spacial score (nSPS) is 18.9. The third kappa shape index (κ3) is 4.40. The first-order valence-electron chi connectivity index (χ1n) is 6.88. The van der Waals surface area contributed by atoms with Crippen LogP contribution >= 0.6 is 0 Å². The summed E-state index contributed by atoms with van der Waals surface area (Å²) in [5.74, 6) is -2.54. The van der Waals surface area contributed by atoms with Gasteiger partial charge in [-0.2, -0.15) is 0 Å². The molecule has 10 heteroatoms. The Bertz CT molecular complexity index is 513. The number of nitrogens with zero attached hydrogens (tertiary/aromatic N) is 1. The van der Waals surface area contributed by atoms with E-state index >= 15 is 0 Å². The van der Waals surface area contributed by atoms with Crippen LogP contribution in [0.1, 0.15) is 5.69 Å². The highest BCUT2D eigenvalue weighted by molar-refractivity contribution is 6.09. The number of aromatic amines is 1. The number of H-pyrrole nitrogens is 1. The molecular formula is C12H19N3O7. The molecular weight excluding hydrogens is 298 g/mol. The summed E-state index contributed by atoms with van der Waals surface area (Å²) in [6, 6.07) is -1.26. The monoisotopic (exact) mass is 318 g/mol. The standard InChI is InChI=1S/C12H19N3O7/c13-6(1-5-2-14-4-15-5)8(18)10(20)12(22)11(21)9(19)7(17)3-16/h2,4,6-7,9-11,16-17,19-21H,1,3,13H2,(H,14,15)/t6-,7+,9+,10?,11-/m0/s1/i/hD. The van der Waals surface area contributed by atoms with E-state index in [-0.39, 0.29) is 6.42 Å². The van der Waals surface area contributed by atoms with Crippen LogP contribution in [0.4, 0.5) is 0 Å². The van der Waals surface area contributed by atoms with Gasteiger partial charge in [0.05, 0.1) is 19.0 Å². The molecule has 8 N–H and O–H groups in total. The Morgan fingerprint density at radius 3 is 2.50 bits per heavy atom. The van der Waals surface area contributed by atoms with E-state index in [9.17, 15) is 24.9 Å². The molecule has 0 saturated carbocycles. The van der Waals surface area contributed by atoms with Crippen LogP contribution in [0.2, 0.25) is 1.41 Å². The number of imidazole rings is 1. The Hall–Kier alpha value is -1.69. The molecule has 0 radical (unpaired) electrons. The first-order valence-corrected chi connectivity index (χ1v) is 6.38. The summed E-state index contributed by atoms with van der Waals surface area (Å²) in [6.45, 7) is -0.924. The smallest absolute Gasteiger partial charge is 0.200 e. The molecule has 1 aromatic heterocycles. The fourth-order valence-electron chi connectivity index (χ4n) is 1.70. The summed E-state index contributed by atoms with van der Waals surface area (Å²) in [5.41, 5.74) is 2.36. The second-order valence-electron chi connectivity index (χ2n) is 4.73. The van der Waals surface area contributed by atoms with E-state index in [1.54, 1.807) is 0 Å². The van der Waals surface area contributed by atoms with Crippen molar-refractivity contribution in [2.75, 3.05) is 6.61 Å². The highest BCUT2D eigenvalue weighted by atomic mass is 16.4. The Labute approximate surface area is 126 Å². The van der Waals surface area contributed by atoms with Crippen LogP contribution in [0.5, 0.6) is 0 Å². The number of hydrogen-bond donors (Lipinski definition) is 7. The molecule has 0 aliphatic heterocycles. The van der Waals surface area contributed by atoms with Crippen molar-refractivity contribution < 1.29 is 36.5 Å². The molecule has 124 valence electrons. The number of rotatable bonds is 10. The van der Waals surface area contributed by atoms with Crippen molar-refractivity contribution in [2.24, 2.45) is 5.73 Å². The molecule has 1 aromatic rings. The zero-order chi connectivity index (χ0) is 17.6. The number of nitrogens with one attached hydrogen (secondary N) is 1. The molecule has 0 aromatic carbocycles. The highest BCUT2D eigenvalue weighted by Crippen LogP contribution is 2.07. The van der Waals surface area contributed by atoms with Gasteiger partial charge in [0.15, 0.2) is 17.7 Å². The summed E-state index contributed by atoms with van der Waals surface area (Å²) < 4.78 is 7.10. The maximum Gasteiger partial charge on any atom is 0.200 e. The number of carbonyl (C=O) groups is 2. The van der Waals surface area contributed by atoms with Crippen LogP contribution in [0.3, 0.4) is 0 Å².